The molecule has 1 aliphatic rings. The molecule has 1 aliphatic carbocycles. The lowest BCUT2D eigenvalue weighted by molar-refractivity contribution is -0.125. The van der Waals surface area contributed by atoms with Gasteiger partial charge in [0.05, 0.1) is 10.6 Å². The Morgan fingerprint density at radius 1 is 1.29 bits per heavy atom. The molecule has 4 rings (SSSR count). The number of nitrogens with one attached hydrogen (secondary N) is 1. The van der Waals surface area contributed by atoms with Crippen LogP contribution in [0.15, 0.2) is 22.9 Å². The highest BCUT2D eigenvalue weighted by Gasteiger charge is 2.20. The zero-order valence-electron chi connectivity index (χ0n) is 13.4. The van der Waals surface area contributed by atoms with Crippen molar-refractivity contribution >= 4 is 33.5 Å². The van der Waals surface area contributed by atoms with E-state index in [-0.39, 0.29) is 11.8 Å². The van der Waals surface area contributed by atoms with Crippen molar-refractivity contribution in [3.8, 4) is 10.7 Å². The van der Waals surface area contributed by atoms with Crippen molar-refractivity contribution in [2.75, 3.05) is 6.54 Å². The number of thiophene rings is 1. The van der Waals surface area contributed by atoms with Gasteiger partial charge in [-0.2, -0.15) is 4.98 Å². The summed E-state index contributed by atoms with van der Waals surface area (Å²) in [5, 5.41) is 11.8. The van der Waals surface area contributed by atoms with Crippen molar-refractivity contribution in [1.82, 2.24) is 19.9 Å². The van der Waals surface area contributed by atoms with Gasteiger partial charge in [0.1, 0.15) is 0 Å². The van der Waals surface area contributed by atoms with Crippen LogP contribution in [0.4, 0.5) is 0 Å². The van der Waals surface area contributed by atoms with Gasteiger partial charge >= 0.3 is 0 Å². The Labute approximate surface area is 148 Å². The molecule has 1 saturated carbocycles. The molecule has 3 heterocycles. The first-order chi connectivity index (χ1) is 11.8. The highest BCUT2D eigenvalue weighted by Crippen LogP contribution is 2.25. The fraction of sp³-hybridized carbons (Fsp3) is 0.471. The van der Waals surface area contributed by atoms with Crippen LogP contribution in [0.25, 0.3) is 15.7 Å². The summed E-state index contributed by atoms with van der Waals surface area (Å²) in [5.74, 6) is 1.22. The van der Waals surface area contributed by atoms with Crippen LogP contribution < -0.4 is 5.32 Å². The maximum Gasteiger partial charge on any atom is 0.223 e. The molecule has 0 saturated heterocycles. The highest BCUT2D eigenvalue weighted by molar-refractivity contribution is 7.15. The lowest BCUT2D eigenvalue weighted by Gasteiger charge is -2.20. The minimum atomic E-state index is 0.220. The number of carbonyl (C=O) groups excluding carboxylic acids is 1. The van der Waals surface area contributed by atoms with Gasteiger partial charge in [-0.25, -0.2) is 4.52 Å². The first-order valence-corrected chi connectivity index (χ1v) is 10.2. The number of carbonyl (C=O) groups is 1. The second kappa shape index (κ2) is 7.03. The van der Waals surface area contributed by atoms with Crippen LogP contribution in [0.5, 0.6) is 0 Å². The Hall–Kier alpha value is -1.73. The summed E-state index contributed by atoms with van der Waals surface area (Å²) in [6.45, 7) is 0.662. The van der Waals surface area contributed by atoms with Gasteiger partial charge in [0.25, 0.3) is 0 Å². The van der Waals surface area contributed by atoms with E-state index in [2.05, 4.69) is 20.8 Å². The van der Waals surface area contributed by atoms with Crippen LogP contribution in [-0.4, -0.2) is 27.0 Å². The van der Waals surface area contributed by atoms with Crippen molar-refractivity contribution in [2.45, 2.75) is 38.5 Å². The van der Waals surface area contributed by atoms with E-state index in [1.807, 2.05) is 22.0 Å². The number of amides is 1. The smallest absolute Gasteiger partial charge is 0.223 e. The number of thiazole rings is 1. The Balaban J connectivity index is 1.38. The number of hydrogen-bond donors (Lipinski definition) is 1. The van der Waals surface area contributed by atoms with Gasteiger partial charge in [0.15, 0.2) is 5.82 Å². The zero-order valence-corrected chi connectivity index (χ0v) is 15.0. The molecule has 0 unspecified atom stereocenters. The molecule has 0 bridgehead atoms. The second-order valence-electron chi connectivity index (χ2n) is 6.21. The number of aromatic nitrogens is 3. The van der Waals surface area contributed by atoms with Crippen LogP contribution in [0.2, 0.25) is 0 Å². The molecule has 3 aromatic rings. The lowest BCUT2D eigenvalue weighted by atomic mass is 9.89. The van der Waals surface area contributed by atoms with Crippen LogP contribution in [-0.2, 0) is 11.2 Å². The van der Waals surface area contributed by atoms with Gasteiger partial charge in [0, 0.05) is 24.3 Å². The van der Waals surface area contributed by atoms with E-state index in [9.17, 15) is 4.79 Å². The fourth-order valence-electron chi connectivity index (χ4n) is 3.23. The summed E-state index contributed by atoms with van der Waals surface area (Å²) in [6.07, 6.45) is 6.52. The third-order valence-corrected chi connectivity index (χ3v) is 6.28. The third kappa shape index (κ3) is 3.23. The molecule has 5 nitrogen and oxygen atoms in total. The summed E-state index contributed by atoms with van der Waals surface area (Å²) in [6, 6.07) is 4.05. The normalized spacial score (nSPS) is 15.8. The topological polar surface area (TPSA) is 59.3 Å². The predicted molar refractivity (Wildman–Crippen MR) is 97.5 cm³/mol. The first kappa shape index (κ1) is 15.8. The van der Waals surface area contributed by atoms with Crippen molar-refractivity contribution in [3.63, 3.8) is 0 Å². The summed E-state index contributed by atoms with van der Waals surface area (Å²) >= 11 is 3.25. The Morgan fingerprint density at radius 2 is 2.17 bits per heavy atom. The molecule has 0 spiro atoms. The van der Waals surface area contributed by atoms with Gasteiger partial charge < -0.3 is 5.32 Å². The van der Waals surface area contributed by atoms with E-state index >= 15 is 0 Å². The Kier molecular flexibility index (Phi) is 4.62. The minimum absolute atomic E-state index is 0.220. The van der Waals surface area contributed by atoms with Crippen LogP contribution in [0, 0.1) is 5.92 Å². The van der Waals surface area contributed by atoms with Gasteiger partial charge in [-0.05, 0) is 24.3 Å². The number of fused-ring (bicyclic) bond motifs is 1. The molecule has 126 valence electrons. The fourth-order valence-corrected chi connectivity index (χ4v) is 4.74. The largest absolute Gasteiger partial charge is 0.355 e. The maximum atomic E-state index is 12.2. The Bertz CT molecular complexity index is 815. The van der Waals surface area contributed by atoms with E-state index < -0.39 is 0 Å². The second-order valence-corrected chi connectivity index (χ2v) is 7.99. The van der Waals surface area contributed by atoms with Gasteiger partial charge in [-0.1, -0.05) is 25.3 Å². The summed E-state index contributed by atoms with van der Waals surface area (Å²) in [7, 11) is 0. The van der Waals surface area contributed by atoms with Crippen LogP contribution in [0.1, 0.15) is 37.8 Å². The molecule has 3 aromatic heterocycles. The van der Waals surface area contributed by atoms with Crippen molar-refractivity contribution < 1.29 is 4.79 Å². The first-order valence-electron chi connectivity index (χ1n) is 8.46. The quantitative estimate of drug-likeness (QED) is 0.754. The molecule has 0 atom stereocenters. The standard InChI is InChI=1S/C17H20N4OS2/c22-16(12-5-2-1-3-6-12)18-9-8-13-11-24-17-19-15(20-21(13)17)14-7-4-10-23-14/h4,7,10-12H,1-3,5-6,8-9H2,(H,18,22). The average molecular weight is 361 g/mol. The average Bonchev–Trinajstić information content (AvgIpc) is 3.33. The van der Waals surface area contributed by atoms with Crippen molar-refractivity contribution in [1.29, 1.82) is 0 Å². The molecular formula is C17H20N4OS2. The monoisotopic (exact) mass is 360 g/mol. The van der Waals surface area contributed by atoms with Crippen molar-refractivity contribution in [3.05, 3.63) is 28.6 Å². The predicted octanol–water partition coefficient (Wildman–Crippen LogP) is 3.76. The summed E-state index contributed by atoms with van der Waals surface area (Å²) < 4.78 is 1.91. The molecule has 1 N–H and O–H groups in total. The molecular weight excluding hydrogens is 340 g/mol. The summed E-state index contributed by atoms with van der Waals surface area (Å²) in [5.41, 5.74) is 1.11. The Morgan fingerprint density at radius 3 is 2.96 bits per heavy atom. The van der Waals surface area contributed by atoms with Crippen LogP contribution >= 0.6 is 22.7 Å². The van der Waals surface area contributed by atoms with Gasteiger partial charge in [0.2, 0.25) is 10.9 Å². The van der Waals surface area contributed by atoms with E-state index in [4.69, 9.17) is 0 Å². The van der Waals surface area contributed by atoms with E-state index in [1.54, 1.807) is 22.7 Å². The minimum Gasteiger partial charge on any atom is -0.355 e. The molecule has 1 fully saturated rings. The van der Waals surface area contributed by atoms with E-state index in [0.717, 1.165) is 40.6 Å². The molecule has 24 heavy (non-hydrogen) atoms. The van der Waals surface area contributed by atoms with E-state index in [0.29, 0.717) is 6.54 Å². The molecule has 0 radical (unpaired) electrons. The lowest BCUT2D eigenvalue weighted by Crippen LogP contribution is -2.33. The molecule has 0 aromatic carbocycles. The zero-order chi connectivity index (χ0) is 16.4. The number of nitrogens with zero attached hydrogens (tertiary/aromatic N) is 3. The van der Waals surface area contributed by atoms with Crippen molar-refractivity contribution in [2.24, 2.45) is 5.92 Å². The van der Waals surface area contributed by atoms with Gasteiger partial charge in [-0.3, -0.25) is 4.79 Å². The SMILES string of the molecule is O=C(NCCc1csc2nc(-c3cccs3)nn12)C1CCCCC1. The highest BCUT2D eigenvalue weighted by atomic mass is 32.1. The van der Waals surface area contributed by atoms with E-state index in [1.165, 1.54) is 19.3 Å². The summed E-state index contributed by atoms with van der Waals surface area (Å²) in [4.78, 5) is 18.8. The number of rotatable bonds is 5. The van der Waals surface area contributed by atoms with Crippen LogP contribution in [0.3, 0.4) is 0 Å². The van der Waals surface area contributed by atoms with Gasteiger partial charge in [-0.15, -0.1) is 27.8 Å². The number of hydrogen-bond acceptors (Lipinski definition) is 5. The molecule has 0 aliphatic heterocycles. The maximum absolute atomic E-state index is 12.2. The third-order valence-electron chi connectivity index (χ3n) is 4.55. The molecule has 1 amide bonds. The molecule has 7 heteroatoms.